The van der Waals surface area contributed by atoms with Crippen molar-refractivity contribution in [1.82, 2.24) is 4.90 Å². The first-order valence-corrected chi connectivity index (χ1v) is 10.9. The van der Waals surface area contributed by atoms with Crippen LogP contribution in [0.1, 0.15) is 68.5 Å². The molecular formula is C22H34BN2O3. The van der Waals surface area contributed by atoms with Gasteiger partial charge in [0.05, 0.1) is 0 Å². The minimum Gasteiger partial charge on any atom is -0.480 e. The van der Waals surface area contributed by atoms with Crippen LogP contribution >= 0.6 is 0 Å². The lowest BCUT2D eigenvalue weighted by Crippen LogP contribution is -2.57. The summed E-state index contributed by atoms with van der Waals surface area (Å²) in [5.41, 5.74) is 8.23. The smallest absolute Gasteiger partial charge is 0.323 e. The third kappa shape index (κ3) is 4.78. The number of hydrogen-bond acceptors (Lipinski definition) is 4. The molecule has 0 saturated carbocycles. The normalized spacial score (nSPS) is 23.4. The molecule has 0 spiro atoms. The topological polar surface area (TPSA) is 86.8 Å². The molecule has 1 fully saturated rings. The maximum absolute atomic E-state index is 12.0. The molecule has 153 valence electrons. The Hall–Kier alpha value is -1.37. The monoisotopic (exact) mass is 385 g/mol. The first-order valence-electron chi connectivity index (χ1n) is 10.9. The predicted molar refractivity (Wildman–Crippen MR) is 112 cm³/mol. The van der Waals surface area contributed by atoms with Crippen molar-refractivity contribution in [2.24, 2.45) is 11.7 Å². The number of piperidine rings is 1. The molecule has 2 aliphatic rings. The highest BCUT2D eigenvalue weighted by Gasteiger charge is 2.43. The van der Waals surface area contributed by atoms with Crippen LogP contribution in [0.3, 0.4) is 0 Å². The number of nitrogens with two attached hydrogens (primary N) is 1. The number of carboxylic acids is 1. The maximum atomic E-state index is 12.0. The Morgan fingerprint density at radius 3 is 2.64 bits per heavy atom. The van der Waals surface area contributed by atoms with Crippen molar-refractivity contribution in [2.75, 3.05) is 13.1 Å². The Bertz CT molecular complexity index is 648. The van der Waals surface area contributed by atoms with Gasteiger partial charge in [0.15, 0.2) is 0 Å². The van der Waals surface area contributed by atoms with Crippen LogP contribution in [-0.2, 0) is 11.2 Å². The fourth-order valence-corrected chi connectivity index (χ4v) is 5.14. The largest absolute Gasteiger partial charge is 0.480 e. The van der Waals surface area contributed by atoms with E-state index in [2.05, 4.69) is 29.2 Å². The van der Waals surface area contributed by atoms with E-state index in [1.165, 1.54) is 36.8 Å². The van der Waals surface area contributed by atoms with Crippen LogP contribution in [0.2, 0.25) is 6.32 Å². The molecule has 4 N–H and O–H groups in total. The number of aryl methyl sites for hydroxylation is 1. The van der Waals surface area contributed by atoms with Crippen molar-refractivity contribution in [3.63, 3.8) is 0 Å². The number of rotatable bonds is 8. The molecule has 1 aromatic rings. The van der Waals surface area contributed by atoms with Gasteiger partial charge < -0.3 is 15.9 Å². The number of likely N-dealkylation sites (tertiary alicyclic amines) is 1. The lowest BCUT2D eigenvalue weighted by molar-refractivity contribution is -0.147. The number of fused-ring (bicyclic) bond motifs is 1. The number of benzene rings is 1. The Morgan fingerprint density at radius 2 is 1.93 bits per heavy atom. The second-order valence-electron chi connectivity index (χ2n) is 8.54. The molecule has 1 aliphatic heterocycles. The van der Waals surface area contributed by atoms with E-state index in [1.54, 1.807) is 0 Å². The van der Waals surface area contributed by atoms with E-state index in [4.69, 9.17) is 10.8 Å². The lowest BCUT2D eigenvalue weighted by atomic mass is 9.74. The number of aliphatic carboxylic acids is 1. The average Bonchev–Trinajstić information content (AvgIpc) is 2.93. The molecular weight excluding hydrogens is 351 g/mol. The number of hydrogen-bond donors (Lipinski definition) is 3. The lowest BCUT2D eigenvalue weighted by Gasteiger charge is -2.43. The van der Waals surface area contributed by atoms with Crippen molar-refractivity contribution >= 4 is 13.5 Å². The van der Waals surface area contributed by atoms with Gasteiger partial charge in [-0.3, -0.25) is 9.69 Å². The zero-order valence-electron chi connectivity index (χ0n) is 16.9. The fourth-order valence-electron chi connectivity index (χ4n) is 5.14. The molecule has 28 heavy (non-hydrogen) atoms. The van der Waals surface area contributed by atoms with Crippen LogP contribution in [-0.4, -0.2) is 47.1 Å². The molecule has 1 aromatic carbocycles. The maximum Gasteiger partial charge on any atom is 0.323 e. The molecule has 2 atom stereocenters. The Kier molecular flexibility index (Phi) is 7.55. The molecule has 1 saturated heterocycles. The predicted octanol–water partition coefficient (Wildman–Crippen LogP) is 3.15. The number of carbonyl (C=O) groups is 1. The minimum absolute atomic E-state index is 0.0142. The van der Waals surface area contributed by atoms with E-state index in [-0.39, 0.29) is 5.92 Å². The highest BCUT2D eigenvalue weighted by Crippen LogP contribution is 2.38. The van der Waals surface area contributed by atoms with Crippen LogP contribution in [0.4, 0.5) is 0 Å². The Labute approximate surface area is 169 Å². The van der Waals surface area contributed by atoms with Crippen molar-refractivity contribution in [3.8, 4) is 0 Å². The SMILES string of the molecule is NC(CCCC[B]O)(C(=O)O)C1CCN(C2CCCCc3ccccc32)CC1. The second-order valence-corrected chi connectivity index (χ2v) is 8.54. The van der Waals surface area contributed by atoms with Crippen LogP contribution in [0.15, 0.2) is 24.3 Å². The van der Waals surface area contributed by atoms with Gasteiger partial charge in [0, 0.05) is 6.04 Å². The standard InChI is InChI=1S/C22H34BN2O3/c24-22(21(26)27,13-5-6-14-23-28)18-11-15-25(16-12-18)20-10-4-2-8-17-7-1-3-9-19(17)20/h1,3,7,9,18,20,28H,2,4-6,8,10-16,24H2,(H,26,27). The molecule has 1 radical (unpaired) electrons. The van der Waals surface area contributed by atoms with Gasteiger partial charge in [0.25, 0.3) is 7.48 Å². The summed E-state index contributed by atoms with van der Waals surface area (Å²) in [6, 6.07) is 9.28. The van der Waals surface area contributed by atoms with Gasteiger partial charge in [-0.25, -0.2) is 0 Å². The molecule has 5 nitrogen and oxygen atoms in total. The molecule has 1 aliphatic carbocycles. The van der Waals surface area contributed by atoms with Gasteiger partial charge in [-0.05, 0) is 68.7 Å². The van der Waals surface area contributed by atoms with E-state index >= 15 is 0 Å². The molecule has 6 heteroatoms. The highest BCUT2D eigenvalue weighted by molar-refractivity contribution is 6.25. The van der Waals surface area contributed by atoms with E-state index in [0.717, 1.165) is 46.3 Å². The summed E-state index contributed by atoms with van der Waals surface area (Å²) in [4.78, 5) is 14.5. The van der Waals surface area contributed by atoms with Crippen molar-refractivity contribution in [3.05, 3.63) is 35.4 Å². The van der Waals surface area contributed by atoms with Gasteiger partial charge in [0.1, 0.15) is 5.54 Å². The summed E-state index contributed by atoms with van der Waals surface area (Å²) in [7, 11) is 1.14. The number of nitrogens with zero attached hydrogens (tertiary/aromatic N) is 1. The van der Waals surface area contributed by atoms with E-state index < -0.39 is 11.5 Å². The van der Waals surface area contributed by atoms with Crippen LogP contribution in [0, 0.1) is 5.92 Å². The van der Waals surface area contributed by atoms with Crippen LogP contribution in [0.25, 0.3) is 0 Å². The summed E-state index contributed by atoms with van der Waals surface area (Å²) >= 11 is 0. The van der Waals surface area contributed by atoms with Crippen LogP contribution < -0.4 is 5.73 Å². The summed E-state index contributed by atoms with van der Waals surface area (Å²) in [5, 5.41) is 18.6. The molecule has 0 aromatic heterocycles. The third-order valence-electron chi connectivity index (χ3n) is 6.86. The van der Waals surface area contributed by atoms with Gasteiger partial charge >= 0.3 is 5.97 Å². The summed E-state index contributed by atoms with van der Waals surface area (Å²) in [6.07, 6.45) is 9.11. The van der Waals surface area contributed by atoms with Crippen molar-refractivity contribution in [2.45, 2.75) is 75.7 Å². The highest BCUT2D eigenvalue weighted by atomic mass is 16.4. The summed E-state index contributed by atoms with van der Waals surface area (Å²) < 4.78 is 0. The molecule has 0 amide bonds. The number of carboxylic acid groups (broad SMARTS) is 1. The summed E-state index contributed by atoms with van der Waals surface area (Å²) in [5.74, 6) is -0.862. The minimum atomic E-state index is -1.15. The summed E-state index contributed by atoms with van der Waals surface area (Å²) in [6.45, 7) is 1.83. The van der Waals surface area contributed by atoms with Gasteiger partial charge in [-0.15, -0.1) is 0 Å². The number of unbranched alkanes of at least 4 members (excludes halogenated alkanes) is 1. The van der Waals surface area contributed by atoms with E-state index in [0.29, 0.717) is 18.8 Å². The van der Waals surface area contributed by atoms with Gasteiger partial charge in [0.2, 0.25) is 0 Å². The quantitative estimate of drug-likeness (QED) is 0.364. The Balaban J connectivity index is 1.64. The van der Waals surface area contributed by atoms with Crippen molar-refractivity contribution in [1.29, 1.82) is 0 Å². The molecule has 0 bridgehead atoms. The van der Waals surface area contributed by atoms with Gasteiger partial charge in [-0.1, -0.05) is 49.8 Å². The van der Waals surface area contributed by atoms with Crippen LogP contribution in [0.5, 0.6) is 0 Å². The molecule has 2 unspecified atom stereocenters. The first kappa shape index (κ1) is 21.3. The van der Waals surface area contributed by atoms with E-state index in [9.17, 15) is 9.90 Å². The van der Waals surface area contributed by atoms with Crippen molar-refractivity contribution < 1.29 is 14.9 Å². The third-order valence-corrected chi connectivity index (χ3v) is 6.86. The molecule has 3 rings (SSSR count). The fraction of sp³-hybridized carbons (Fsp3) is 0.682. The average molecular weight is 385 g/mol. The van der Waals surface area contributed by atoms with Gasteiger partial charge in [-0.2, -0.15) is 0 Å². The molecule has 1 heterocycles. The second kappa shape index (κ2) is 9.90. The zero-order chi connectivity index (χ0) is 20.0. The zero-order valence-corrected chi connectivity index (χ0v) is 16.9. The van der Waals surface area contributed by atoms with E-state index in [1.807, 2.05) is 0 Å². The Morgan fingerprint density at radius 1 is 1.18 bits per heavy atom. The first-order chi connectivity index (χ1) is 13.6.